The molecule has 0 saturated carbocycles. The van der Waals surface area contributed by atoms with Crippen LogP contribution in [0.4, 0.5) is 0 Å². The summed E-state index contributed by atoms with van der Waals surface area (Å²) >= 11 is 0. The monoisotopic (exact) mass is 257 g/mol. The van der Waals surface area contributed by atoms with E-state index in [0.29, 0.717) is 6.42 Å². The van der Waals surface area contributed by atoms with E-state index >= 15 is 0 Å². The number of nitrogens with zero attached hydrogens (tertiary/aromatic N) is 1. The fraction of sp³-hybridized carbons (Fsp3) is 0.500. The Labute approximate surface area is 103 Å². The summed E-state index contributed by atoms with van der Waals surface area (Å²) in [5.74, 6) is 0. The lowest BCUT2D eigenvalue weighted by molar-refractivity contribution is 0.284. The highest BCUT2D eigenvalue weighted by Crippen LogP contribution is 2.13. The quantitative estimate of drug-likeness (QED) is 0.574. The van der Waals surface area contributed by atoms with Gasteiger partial charge in [0.1, 0.15) is 0 Å². The molecule has 0 radical (unpaired) electrons. The van der Waals surface area contributed by atoms with Crippen molar-refractivity contribution in [3.8, 4) is 0 Å². The Bertz CT molecular complexity index is 437. The first kappa shape index (κ1) is 14.2. The third kappa shape index (κ3) is 4.85. The normalized spacial score (nSPS) is 12.0. The summed E-state index contributed by atoms with van der Waals surface area (Å²) in [6, 6.07) is 6.65. The van der Waals surface area contributed by atoms with Crippen LogP contribution in [0.25, 0.3) is 0 Å². The van der Waals surface area contributed by atoms with Gasteiger partial charge in [-0.05, 0) is 46.1 Å². The van der Waals surface area contributed by atoms with Crippen LogP contribution in [-0.4, -0.2) is 40.6 Å². The molecule has 0 unspecified atom stereocenters. The van der Waals surface area contributed by atoms with E-state index in [4.69, 9.17) is 4.18 Å². The molecule has 1 aromatic carbocycles. The minimum Gasteiger partial charge on any atom is -0.309 e. The van der Waals surface area contributed by atoms with Crippen molar-refractivity contribution in [3.05, 3.63) is 29.8 Å². The van der Waals surface area contributed by atoms with Crippen molar-refractivity contribution in [3.63, 3.8) is 0 Å². The van der Waals surface area contributed by atoms with Crippen LogP contribution in [-0.2, 0) is 14.3 Å². The summed E-state index contributed by atoms with van der Waals surface area (Å²) in [4.78, 5) is 2.20. The van der Waals surface area contributed by atoms with E-state index in [1.807, 2.05) is 25.9 Å². The summed E-state index contributed by atoms with van der Waals surface area (Å²) in [5.41, 5.74) is 1.02. The maximum absolute atomic E-state index is 11.8. The van der Waals surface area contributed by atoms with Crippen molar-refractivity contribution in [2.75, 3.05) is 27.2 Å². The second-order valence-corrected chi connectivity index (χ2v) is 5.86. The molecule has 0 amide bonds. The number of hydrogen-bond acceptors (Lipinski definition) is 4. The molecule has 17 heavy (non-hydrogen) atoms. The van der Waals surface area contributed by atoms with Crippen LogP contribution in [0, 0.1) is 6.92 Å². The molecule has 0 aromatic heterocycles. The second kappa shape index (κ2) is 6.14. The molecular formula is C12H19NO3S. The van der Waals surface area contributed by atoms with E-state index in [1.165, 1.54) is 0 Å². The van der Waals surface area contributed by atoms with Gasteiger partial charge in [-0.1, -0.05) is 17.7 Å². The molecule has 5 heteroatoms. The molecule has 0 atom stereocenters. The van der Waals surface area contributed by atoms with Gasteiger partial charge in [0.2, 0.25) is 0 Å². The molecule has 0 fully saturated rings. The van der Waals surface area contributed by atoms with Crippen molar-refractivity contribution in [2.24, 2.45) is 0 Å². The van der Waals surface area contributed by atoms with Crippen molar-refractivity contribution < 1.29 is 12.6 Å². The Morgan fingerprint density at radius 2 is 1.76 bits per heavy atom. The number of rotatable bonds is 6. The topological polar surface area (TPSA) is 46.6 Å². The largest absolute Gasteiger partial charge is 0.309 e. The standard InChI is InChI=1S/C12H19NO3S/c1-11-5-7-12(8-6-11)17(14,15)16-10-4-9-13(2)3/h5-8H,4,9-10H2,1-3H3. The minimum absolute atomic E-state index is 0.216. The first-order valence-corrected chi connectivity index (χ1v) is 6.93. The molecule has 1 rings (SSSR count). The average molecular weight is 257 g/mol. The molecule has 4 nitrogen and oxygen atoms in total. The molecule has 0 spiro atoms. The zero-order chi connectivity index (χ0) is 12.9. The van der Waals surface area contributed by atoms with Gasteiger partial charge in [-0.25, -0.2) is 0 Å². The van der Waals surface area contributed by atoms with Crippen LogP contribution < -0.4 is 0 Å². The maximum atomic E-state index is 11.8. The molecular weight excluding hydrogens is 238 g/mol. The summed E-state index contributed by atoms with van der Waals surface area (Å²) in [5, 5.41) is 0. The second-order valence-electron chi connectivity index (χ2n) is 4.25. The molecule has 0 bridgehead atoms. The number of benzene rings is 1. The van der Waals surface area contributed by atoms with Crippen molar-refractivity contribution in [1.82, 2.24) is 4.90 Å². The van der Waals surface area contributed by atoms with Crippen LogP contribution in [0.2, 0.25) is 0 Å². The van der Waals surface area contributed by atoms with Gasteiger partial charge >= 0.3 is 0 Å². The highest BCUT2D eigenvalue weighted by Gasteiger charge is 2.14. The van der Waals surface area contributed by atoms with Crippen molar-refractivity contribution in [1.29, 1.82) is 0 Å². The Morgan fingerprint density at radius 1 is 1.18 bits per heavy atom. The molecule has 0 aliphatic rings. The number of hydrogen-bond donors (Lipinski definition) is 0. The predicted molar refractivity (Wildman–Crippen MR) is 67.5 cm³/mol. The van der Waals surface area contributed by atoms with Gasteiger partial charge < -0.3 is 4.90 Å². The Kier molecular flexibility index (Phi) is 5.11. The van der Waals surface area contributed by atoms with Crippen LogP contribution >= 0.6 is 0 Å². The molecule has 96 valence electrons. The molecule has 0 N–H and O–H groups in total. The van der Waals surface area contributed by atoms with Crippen LogP contribution in [0.1, 0.15) is 12.0 Å². The fourth-order valence-electron chi connectivity index (χ4n) is 1.32. The first-order chi connectivity index (χ1) is 7.92. The van der Waals surface area contributed by atoms with Crippen LogP contribution in [0.15, 0.2) is 29.2 Å². The minimum atomic E-state index is -3.59. The third-order valence-corrected chi connectivity index (χ3v) is 3.62. The lowest BCUT2D eigenvalue weighted by atomic mass is 10.2. The SMILES string of the molecule is Cc1ccc(S(=O)(=O)OCCCN(C)C)cc1. The lowest BCUT2D eigenvalue weighted by Gasteiger charge is -2.09. The van der Waals surface area contributed by atoms with Crippen LogP contribution in [0.5, 0.6) is 0 Å². The number of aryl methyl sites for hydroxylation is 1. The Hall–Kier alpha value is -0.910. The van der Waals surface area contributed by atoms with Gasteiger partial charge in [0, 0.05) is 0 Å². The highest BCUT2D eigenvalue weighted by molar-refractivity contribution is 7.86. The zero-order valence-electron chi connectivity index (χ0n) is 10.5. The summed E-state index contributed by atoms with van der Waals surface area (Å²) < 4.78 is 28.5. The Morgan fingerprint density at radius 3 is 2.29 bits per heavy atom. The maximum Gasteiger partial charge on any atom is 0.296 e. The van der Waals surface area contributed by atoms with Gasteiger partial charge in [0.15, 0.2) is 0 Å². The zero-order valence-corrected chi connectivity index (χ0v) is 11.3. The molecule has 1 aromatic rings. The summed E-state index contributed by atoms with van der Waals surface area (Å²) in [6.07, 6.45) is 0.693. The lowest BCUT2D eigenvalue weighted by Crippen LogP contribution is -2.16. The van der Waals surface area contributed by atoms with E-state index in [-0.39, 0.29) is 11.5 Å². The summed E-state index contributed by atoms with van der Waals surface area (Å²) in [6.45, 7) is 2.94. The third-order valence-electron chi connectivity index (χ3n) is 2.30. The van der Waals surface area contributed by atoms with Gasteiger partial charge in [0.05, 0.1) is 11.5 Å². The molecule has 0 saturated heterocycles. The van der Waals surface area contributed by atoms with E-state index < -0.39 is 10.1 Å². The van der Waals surface area contributed by atoms with Gasteiger partial charge in [0.25, 0.3) is 10.1 Å². The van der Waals surface area contributed by atoms with E-state index in [2.05, 4.69) is 0 Å². The van der Waals surface area contributed by atoms with E-state index in [1.54, 1.807) is 24.3 Å². The first-order valence-electron chi connectivity index (χ1n) is 5.52. The van der Waals surface area contributed by atoms with Gasteiger partial charge in [-0.2, -0.15) is 8.42 Å². The molecule has 0 aliphatic carbocycles. The predicted octanol–water partition coefficient (Wildman–Crippen LogP) is 1.65. The van der Waals surface area contributed by atoms with Crippen molar-refractivity contribution >= 4 is 10.1 Å². The van der Waals surface area contributed by atoms with Gasteiger partial charge in [-0.3, -0.25) is 4.18 Å². The van der Waals surface area contributed by atoms with Gasteiger partial charge in [-0.15, -0.1) is 0 Å². The Balaban J connectivity index is 2.54. The fourth-order valence-corrected chi connectivity index (χ4v) is 2.27. The molecule has 0 aliphatic heterocycles. The highest BCUT2D eigenvalue weighted by atomic mass is 32.2. The van der Waals surface area contributed by atoms with E-state index in [0.717, 1.165) is 12.1 Å². The molecule has 0 heterocycles. The van der Waals surface area contributed by atoms with Crippen LogP contribution in [0.3, 0.4) is 0 Å². The van der Waals surface area contributed by atoms with E-state index in [9.17, 15) is 8.42 Å². The average Bonchev–Trinajstić information content (AvgIpc) is 2.25. The summed E-state index contributed by atoms with van der Waals surface area (Å²) in [7, 11) is 0.284. The smallest absolute Gasteiger partial charge is 0.296 e. The van der Waals surface area contributed by atoms with Crippen molar-refractivity contribution in [2.45, 2.75) is 18.2 Å².